The fourth-order valence-corrected chi connectivity index (χ4v) is 3.15. The van der Waals surface area contributed by atoms with Gasteiger partial charge in [-0.1, -0.05) is 29.8 Å². The zero-order valence-electron chi connectivity index (χ0n) is 13.0. The van der Waals surface area contributed by atoms with Gasteiger partial charge in [0, 0.05) is 21.8 Å². The van der Waals surface area contributed by atoms with Gasteiger partial charge in [0.25, 0.3) is 0 Å². The van der Waals surface area contributed by atoms with Crippen molar-refractivity contribution >= 4 is 45.4 Å². The number of rotatable bonds is 5. The minimum Gasteiger partial charge on any atom is -0.331 e. The molecular weight excluding hydrogens is 342 g/mol. The van der Waals surface area contributed by atoms with Crippen molar-refractivity contribution < 1.29 is 4.79 Å². The Labute approximate surface area is 149 Å². The molecule has 0 saturated carbocycles. The highest BCUT2D eigenvalue weighted by atomic mass is 35.5. The van der Waals surface area contributed by atoms with E-state index in [9.17, 15) is 4.79 Å². The van der Waals surface area contributed by atoms with Crippen molar-refractivity contribution in [2.24, 2.45) is 0 Å². The number of nitrogens with one attached hydrogen (secondary N) is 2. The number of thiazole rings is 1. The predicted octanol–water partition coefficient (Wildman–Crippen LogP) is 5.03. The van der Waals surface area contributed by atoms with Crippen LogP contribution in [0.2, 0.25) is 5.02 Å². The molecule has 0 radical (unpaired) electrons. The molecule has 2 N–H and O–H groups in total. The zero-order valence-corrected chi connectivity index (χ0v) is 14.6. The summed E-state index contributed by atoms with van der Waals surface area (Å²) in [6, 6.07) is 15.1. The third kappa shape index (κ3) is 4.57. The van der Waals surface area contributed by atoms with Crippen LogP contribution in [0.1, 0.15) is 11.3 Å². The number of halogens is 1. The summed E-state index contributed by atoms with van der Waals surface area (Å²) in [4.78, 5) is 16.6. The maximum absolute atomic E-state index is 12.1. The van der Waals surface area contributed by atoms with Gasteiger partial charge in [0.05, 0.1) is 12.1 Å². The van der Waals surface area contributed by atoms with Gasteiger partial charge in [-0.3, -0.25) is 4.79 Å². The number of amides is 1. The predicted molar refractivity (Wildman–Crippen MR) is 100 cm³/mol. The maximum Gasteiger partial charge on any atom is 0.230 e. The van der Waals surface area contributed by atoms with Crippen LogP contribution in [0.15, 0.2) is 53.9 Å². The van der Waals surface area contributed by atoms with Gasteiger partial charge >= 0.3 is 0 Å². The first-order valence-electron chi connectivity index (χ1n) is 7.42. The largest absolute Gasteiger partial charge is 0.331 e. The molecule has 0 spiro atoms. The van der Waals surface area contributed by atoms with Gasteiger partial charge in [0.1, 0.15) is 0 Å². The summed E-state index contributed by atoms with van der Waals surface area (Å²) in [7, 11) is 0. The molecule has 6 heteroatoms. The second-order valence-corrected chi connectivity index (χ2v) is 6.67. The summed E-state index contributed by atoms with van der Waals surface area (Å²) in [6.07, 6.45) is 0.238. The molecule has 0 bridgehead atoms. The maximum atomic E-state index is 12.1. The molecule has 0 atom stereocenters. The monoisotopic (exact) mass is 357 g/mol. The fourth-order valence-electron chi connectivity index (χ4n) is 2.23. The zero-order chi connectivity index (χ0) is 16.9. The van der Waals surface area contributed by atoms with Crippen LogP contribution in [-0.2, 0) is 11.2 Å². The normalized spacial score (nSPS) is 10.4. The van der Waals surface area contributed by atoms with E-state index in [4.69, 9.17) is 11.6 Å². The lowest BCUT2D eigenvalue weighted by Gasteiger charge is -2.05. The molecule has 3 aromatic rings. The molecule has 1 amide bonds. The van der Waals surface area contributed by atoms with E-state index in [2.05, 4.69) is 15.6 Å². The number of nitrogens with zero attached hydrogens (tertiary/aromatic N) is 1. The number of aromatic nitrogens is 1. The number of aryl methyl sites for hydroxylation is 1. The minimum atomic E-state index is -0.0831. The van der Waals surface area contributed by atoms with Crippen molar-refractivity contribution in [3.05, 3.63) is 70.2 Å². The first kappa shape index (κ1) is 16.5. The third-order valence-electron chi connectivity index (χ3n) is 3.27. The highest BCUT2D eigenvalue weighted by Crippen LogP contribution is 2.23. The van der Waals surface area contributed by atoms with E-state index in [0.717, 1.165) is 27.8 Å². The van der Waals surface area contributed by atoms with Gasteiger partial charge in [-0.05, 0) is 42.8 Å². The molecule has 2 aromatic carbocycles. The summed E-state index contributed by atoms with van der Waals surface area (Å²) in [5, 5.41) is 9.34. The van der Waals surface area contributed by atoms with Crippen LogP contribution in [0.5, 0.6) is 0 Å². The fraction of sp³-hybridized carbons (Fsp3) is 0.111. The van der Waals surface area contributed by atoms with Gasteiger partial charge in [-0.15, -0.1) is 11.3 Å². The Kier molecular flexibility index (Phi) is 5.13. The van der Waals surface area contributed by atoms with Crippen LogP contribution in [-0.4, -0.2) is 10.9 Å². The van der Waals surface area contributed by atoms with Crippen molar-refractivity contribution in [1.29, 1.82) is 0 Å². The van der Waals surface area contributed by atoms with Crippen LogP contribution in [0.4, 0.5) is 16.5 Å². The average molecular weight is 358 g/mol. The van der Waals surface area contributed by atoms with Gasteiger partial charge < -0.3 is 10.6 Å². The van der Waals surface area contributed by atoms with Crippen LogP contribution >= 0.6 is 22.9 Å². The Balaban J connectivity index is 1.60. The molecule has 0 unspecified atom stereocenters. The first-order valence-corrected chi connectivity index (χ1v) is 8.68. The summed E-state index contributed by atoms with van der Waals surface area (Å²) >= 11 is 7.42. The number of anilines is 3. The highest BCUT2D eigenvalue weighted by molar-refractivity contribution is 7.13. The molecule has 1 aromatic heterocycles. The van der Waals surface area contributed by atoms with Gasteiger partial charge in [0.15, 0.2) is 5.13 Å². The van der Waals surface area contributed by atoms with Crippen molar-refractivity contribution in [3.63, 3.8) is 0 Å². The third-order valence-corrected chi connectivity index (χ3v) is 4.31. The lowest BCUT2D eigenvalue weighted by Crippen LogP contribution is -2.14. The molecule has 0 saturated heterocycles. The minimum absolute atomic E-state index is 0.0831. The Morgan fingerprint density at radius 2 is 1.96 bits per heavy atom. The number of hydrogen-bond acceptors (Lipinski definition) is 4. The number of carbonyl (C=O) groups is 1. The van der Waals surface area contributed by atoms with Crippen LogP contribution in [0.25, 0.3) is 0 Å². The SMILES string of the molecule is Cc1cccc(NC(=O)Cc2csc(Nc3cccc(Cl)c3)n2)c1. The molecule has 122 valence electrons. The molecule has 4 nitrogen and oxygen atoms in total. The van der Waals surface area contributed by atoms with E-state index in [1.54, 1.807) is 0 Å². The molecule has 0 aliphatic heterocycles. The molecular formula is C18H16ClN3OS. The quantitative estimate of drug-likeness (QED) is 0.673. The van der Waals surface area contributed by atoms with Crippen LogP contribution < -0.4 is 10.6 Å². The second kappa shape index (κ2) is 7.47. The van der Waals surface area contributed by atoms with E-state index in [1.165, 1.54) is 11.3 Å². The van der Waals surface area contributed by atoms with E-state index in [1.807, 2.05) is 60.8 Å². The lowest BCUT2D eigenvalue weighted by molar-refractivity contribution is -0.115. The summed E-state index contributed by atoms with van der Waals surface area (Å²) in [6.45, 7) is 1.99. The van der Waals surface area contributed by atoms with E-state index >= 15 is 0 Å². The van der Waals surface area contributed by atoms with Crippen LogP contribution in [0.3, 0.4) is 0 Å². The van der Waals surface area contributed by atoms with Crippen molar-refractivity contribution in [1.82, 2.24) is 4.98 Å². The number of carbonyl (C=O) groups excluding carboxylic acids is 1. The molecule has 24 heavy (non-hydrogen) atoms. The molecule has 1 heterocycles. The highest BCUT2D eigenvalue weighted by Gasteiger charge is 2.08. The Morgan fingerprint density at radius 3 is 2.75 bits per heavy atom. The first-order chi connectivity index (χ1) is 11.6. The van der Waals surface area contributed by atoms with Crippen molar-refractivity contribution in [3.8, 4) is 0 Å². The smallest absolute Gasteiger partial charge is 0.230 e. The lowest BCUT2D eigenvalue weighted by atomic mass is 10.2. The van der Waals surface area contributed by atoms with Gasteiger partial charge in [0.2, 0.25) is 5.91 Å². The van der Waals surface area contributed by atoms with Crippen molar-refractivity contribution in [2.75, 3.05) is 10.6 Å². The molecule has 0 fully saturated rings. The Bertz CT molecular complexity index is 863. The summed E-state index contributed by atoms with van der Waals surface area (Å²) in [5.41, 5.74) is 3.50. The summed E-state index contributed by atoms with van der Waals surface area (Å²) in [5.74, 6) is -0.0831. The van der Waals surface area contributed by atoms with Gasteiger partial charge in [-0.2, -0.15) is 0 Å². The van der Waals surface area contributed by atoms with Crippen LogP contribution in [0, 0.1) is 6.92 Å². The average Bonchev–Trinajstić information content (AvgIpc) is 2.94. The number of hydrogen-bond donors (Lipinski definition) is 2. The Morgan fingerprint density at radius 1 is 1.17 bits per heavy atom. The topological polar surface area (TPSA) is 54.0 Å². The standard InChI is InChI=1S/C18H16ClN3OS/c1-12-4-2-6-14(8-12)20-17(23)10-16-11-24-18(22-16)21-15-7-3-5-13(19)9-15/h2-9,11H,10H2,1H3,(H,20,23)(H,21,22). The van der Waals surface area contributed by atoms with Gasteiger partial charge in [-0.25, -0.2) is 4.98 Å². The van der Waals surface area contributed by atoms with E-state index in [-0.39, 0.29) is 12.3 Å². The molecule has 0 aliphatic carbocycles. The summed E-state index contributed by atoms with van der Waals surface area (Å²) < 4.78 is 0. The molecule has 0 aliphatic rings. The number of benzene rings is 2. The van der Waals surface area contributed by atoms with E-state index < -0.39 is 0 Å². The second-order valence-electron chi connectivity index (χ2n) is 5.37. The molecule has 3 rings (SSSR count). The Hall–Kier alpha value is -2.37. The van der Waals surface area contributed by atoms with E-state index in [0.29, 0.717) is 5.02 Å². The van der Waals surface area contributed by atoms with Crippen molar-refractivity contribution in [2.45, 2.75) is 13.3 Å².